The van der Waals surface area contributed by atoms with E-state index in [1.165, 1.54) is 0 Å². The van der Waals surface area contributed by atoms with E-state index in [0.717, 1.165) is 11.3 Å². The zero-order valence-corrected chi connectivity index (χ0v) is 14.4. The van der Waals surface area contributed by atoms with Crippen molar-refractivity contribution in [1.82, 2.24) is 5.32 Å². The van der Waals surface area contributed by atoms with Crippen LogP contribution in [0.15, 0.2) is 18.2 Å². The molecule has 1 N–H and O–H groups in total. The fourth-order valence-electron chi connectivity index (χ4n) is 2.18. The predicted octanol–water partition coefficient (Wildman–Crippen LogP) is 3.55. The maximum atomic E-state index is 12.2. The lowest BCUT2D eigenvalue weighted by Crippen LogP contribution is -2.32. The number of carbonyl (C=O) groups is 2. The summed E-state index contributed by atoms with van der Waals surface area (Å²) in [6.45, 7) is 10.1. The van der Waals surface area contributed by atoms with Crippen LogP contribution in [-0.4, -0.2) is 25.3 Å². The Labute approximate surface area is 133 Å². The van der Waals surface area contributed by atoms with Gasteiger partial charge in [-0.2, -0.15) is 0 Å². The monoisotopic (exact) mass is 305 g/mol. The Bertz CT molecular complexity index is 542. The lowest BCUT2D eigenvalue weighted by molar-refractivity contribution is -0.122. The molecule has 1 aromatic carbocycles. The van der Waals surface area contributed by atoms with Gasteiger partial charge in [0.05, 0.1) is 13.7 Å². The first-order valence-electron chi connectivity index (χ1n) is 7.62. The molecule has 0 atom stereocenters. The summed E-state index contributed by atoms with van der Waals surface area (Å²) < 4.78 is 5.31. The van der Waals surface area contributed by atoms with E-state index >= 15 is 0 Å². The van der Waals surface area contributed by atoms with Crippen LogP contribution in [0.5, 0.6) is 5.75 Å². The number of rotatable bonds is 6. The number of benzene rings is 1. The van der Waals surface area contributed by atoms with Gasteiger partial charge >= 0.3 is 0 Å². The van der Waals surface area contributed by atoms with Gasteiger partial charge in [-0.3, -0.25) is 9.59 Å². The van der Waals surface area contributed by atoms with Gasteiger partial charge < -0.3 is 10.1 Å². The average Bonchev–Trinajstić information content (AvgIpc) is 2.42. The van der Waals surface area contributed by atoms with Crippen molar-refractivity contribution in [2.75, 3.05) is 13.7 Å². The number of hydrogen-bond donors (Lipinski definition) is 1. The van der Waals surface area contributed by atoms with Gasteiger partial charge in [0, 0.05) is 12.0 Å². The maximum Gasteiger partial charge on any atom is 0.220 e. The van der Waals surface area contributed by atoms with Crippen LogP contribution < -0.4 is 10.1 Å². The Morgan fingerprint density at radius 3 is 2.36 bits per heavy atom. The molecule has 0 heterocycles. The molecule has 0 aliphatic carbocycles. The molecule has 0 aliphatic rings. The Morgan fingerprint density at radius 1 is 1.23 bits per heavy atom. The minimum absolute atomic E-state index is 0.0266. The molecule has 4 heteroatoms. The summed E-state index contributed by atoms with van der Waals surface area (Å²) in [5.74, 6) is 0.853. The van der Waals surface area contributed by atoms with Crippen molar-refractivity contribution in [1.29, 1.82) is 0 Å². The van der Waals surface area contributed by atoms with E-state index in [1.807, 2.05) is 26.8 Å². The van der Waals surface area contributed by atoms with Crippen LogP contribution in [0.3, 0.4) is 0 Å². The lowest BCUT2D eigenvalue weighted by Gasteiger charge is -2.17. The van der Waals surface area contributed by atoms with Crippen LogP contribution in [0.4, 0.5) is 0 Å². The summed E-state index contributed by atoms with van der Waals surface area (Å²) in [5, 5.41) is 2.70. The summed E-state index contributed by atoms with van der Waals surface area (Å²) in [6, 6.07) is 5.39. The molecule has 0 radical (unpaired) electrons. The molecule has 4 nitrogen and oxygen atoms in total. The molecular weight excluding hydrogens is 278 g/mol. The fourth-order valence-corrected chi connectivity index (χ4v) is 2.18. The first-order valence-corrected chi connectivity index (χ1v) is 7.62. The summed E-state index contributed by atoms with van der Waals surface area (Å²) in [4.78, 5) is 24.0. The van der Waals surface area contributed by atoms with Gasteiger partial charge in [-0.25, -0.2) is 0 Å². The molecule has 22 heavy (non-hydrogen) atoms. The molecule has 0 fully saturated rings. The normalized spacial score (nSPS) is 11.4. The van der Waals surface area contributed by atoms with Crippen molar-refractivity contribution >= 4 is 11.7 Å². The molecular formula is C18H27NO3. The Balaban J connectivity index is 2.74. The van der Waals surface area contributed by atoms with Gasteiger partial charge in [0.25, 0.3) is 0 Å². The predicted molar refractivity (Wildman–Crippen MR) is 88.5 cm³/mol. The van der Waals surface area contributed by atoms with Crippen molar-refractivity contribution in [3.63, 3.8) is 0 Å². The van der Waals surface area contributed by atoms with Crippen LogP contribution in [-0.2, 0) is 4.79 Å². The van der Waals surface area contributed by atoms with Crippen LogP contribution in [0.25, 0.3) is 0 Å². The van der Waals surface area contributed by atoms with Gasteiger partial charge in [-0.05, 0) is 35.1 Å². The van der Waals surface area contributed by atoms with Gasteiger partial charge in [0.1, 0.15) is 5.75 Å². The standard InChI is InChI=1S/C18H27NO3/c1-12(2)14-9-13(7-8-16(14)22-6)15(20)11-19-17(21)10-18(3,4)5/h7-9,12H,10-11H2,1-6H3,(H,19,21). The maximum absolute atomic E-state index is 12.2. The molecule has 122 valence electrons. The van der Waals surface area contributed by atoms with Crippen molar-refractivity contribution in [2.45, 2.75) is 47.0 Å². The molecule has 0 spiro atoms. The van der Waals surface area contributed by atoms with Gasteiger partial charge in [-0.15, -0.1) is 0 Å². The van der Waals surface area contributed by atoms with Crippen LogP contribution in [0.2, 0.25) is 0 Å². The van der Waals surface area contributed by atoms with E-state index in [1.54, 1.807) is 19.2 Å². The van der Waals surface area contributed by atoms with Gasteiger partial charge in [-0.1, -0.05) is 34.6 Å². The smallest absolute Gasteiger partial charge is 0.220 e. The zero-order chi connectivity index (χ0) is 16.9. The average molecular weight is 305 g/mol. The Morgan fingerprint density at radius 2 is 1.86 bits per heavy atom. The second-order valence-electron chi connectivity index (χ2n) is 7.05. The fraction of sp³-hybridized carbons (Fsp3) is 0.556. The number of nitrogens with one attached hydrogen (secondary N) is 1. The molecule has 0 unspecified atom stereocenters. The van der Waals surface area contributed by atoms with Crippen LogP contribution >= 0.6 is 0 Å². The highest BCUT2D eigenvalue weighted by atomic mass is 16.5. The summed E-state index contributed by atoms with van der Waals surface area (Å²) in [5.41, 5.74) is 1.51. The number of ketones is 1. The first kappa shape index (κ1) is 18.2. The summed E-state index contributed by atoms with van der Waals surface area (Å²) >= 11 is 0. The highest BCUT2D eigenvalue weighted by molar-refractivity contribution is 5.99. The number of hydrogen-bond acceptors (Lipinski definition) is 3. The summed E-state index contributed by atoms with van der Waals surface area (Å²) in [7, 11) is 1.62. The largest absolute Gasteiger partial charge is 0.496 e. The van der Waals surface area contributed by atoms with E-state index in [9.17, 15) is 9.59 Å². The van der Waals surface area contributed by atoms with Gasteiger partial charge in [0.15, 0.2) is 5.78 Å². The Kier molecular flexibility index (Phi) is 6.15. The van der Waals surface area contributed by atoms with E-state index in [-0.39, 0.29) is 29.6 Å². The molecule has 0 saturated carbocycles. The number of ether oxygens (including phenoxy) is 1. The third-order valence-electron chi connectivity index (χ3n) is 3.31. The minimum atomic E-state index is -0.0987. The second kappa shape index (κ2) is 7.43. The molecule has 0 saturated heterocycles. The number of amides is 1. The van der Waals surface area contributed by atoms with E-state index in [4.69, 9.17) is 4.74 Å². The Hall–Kier alpha value is -1.84. The van der Waals surface area contributed by atoms with Crippen LogP contribution in [0, 0.1) is 5.41 Å². The van der Waals surface area contributed by atoms with Crippen molar-refractivity contribution in [2.24, 2.45) is 5.41 Å². The highest BCUT2D eigenvalue weighted by Crippen LogP contribution is 2.27. The number of carbonyl (C=O) groups excluding carboxylic acids is 2. The SMILES string of the molecule is COc1ccc(C(=O)CNC(=O)CC(C)(C)C)cc1C(C)C. The quantitative estimate of drug-likeness (QED) is 0.818. The molecule has 1 amide bonds. The van der Waals surface area contributed by atoms with Gasteiger partial charge in [0.2, 0.25) is 5.91 Å². The molecule has 1 rings (SSSR count). The second-order valence-corrected chi connectivity index (χ2v) is 7.05. The third kappa shape index (κ3) is 5.51. The zero-order valence-electron chi connectivity index (χ0n) is 14.4. The third-order valence-corrected chi connectivity index (χ3v) is 3.31. The van der Waals surface area contributed by atoms with Crippen molar-refractivity contribution < 1.29 is 14.3 Å². The molecule has 0 bridgehead atoms. The number of methoxy groups -OCH3 is 1. The minimum Gasteiger partial charge on any atom is -0.496 e. The van der Waals surface area contributed by atoms with E-state index < -0.39 is 0 Å². The molecule has 0 aromatic heterocycles. The molecule has 0 aliphatic heterocycles. The van der Waals surface area contributed by atoms with Crippen molar-refractivity contribution in [3.05, 3.63) is 29.3 Å². The lowest BCUT2D eigenvalue weighted by atomic mass is 9.92. The van der Waals surface area contributed by atoms with Crippen LogP contribution in [0.1, 0.15) is 62.9 Å². The summed E-state index contributed by atoms with van der Waals surface area (Å²) in [6.07, 6.45) is 0.403. The highest BCUT2D eigenvalue weighted by Gasteiger charge is 2.17. The topological polar surface area (TPSA) is 55.4 Å². The first-order chi connectivity index (χ1) is 10.1. The van der Waals surface area contributed by atoms with E-state index in [2.05, 4.69) is 19.2 Å². The number of Topliss-reactive ketones (excluding diaryl/α,β-unsaturated/α-hetero) is 1. The van der Waals surface area contributed by atoms with E-state index in [0.29, 0.717) is 12.0 Å². The molecule has 1 aromatic rings. The van der Waals surface area contributed by atoms with Crippen molar-refractivity contribution in [3.8, 4) is 5.75 Å².